The van der Waals surface area contributed by atoms with E-state index in [1.807, 2.05) is 0 Å². The van der Waals surface area contributed by atoms with E-state index in [2.05, 4.69) is 16.6 Å². The van der Waals surface area contributed by atoms with Crippen LogP contribution in [0.4, 0.5) is 5.69 Å². The summed E-state index contributed by atoms with van der Waals surface area (Å²) in [7, 11) is 1.27. The van der Waals surface area contributed by atoms with Crippen molar-refractivity contribution >= 4 is 35.1 Å². The maximum absolute atomic E-state index is 12.4. The second kappa shape index (κ2) is 8.39. The van der Waals surface area contributed by atoms with E-state index in [1.54, 1.807) is 24.3 Å². The van der Waals surface area contributed by atoms with Crippen molar-refractivity contribution in [3.05, 3.63) is 71.8 Å². The number of benzene rings is 2. The van der Waals surface area contributed by atoms with Gasteiger partial charge >= 0.3 is 11.9 Å². The molecule has 8 heteroatoms. The molecule has 0 fully saturated rings. The molecule has 2 aromatic rings. The van der Waals surface area contributed by atoms with Gasteiger partial charge in [0.2, 0.25) is 0 Å². The Hall–Kier alpha value is -3.94. The van der Waals surface area contributed by atoms with Gasteiger partial charge in [0.1, 0.15) is 6.54 Å². The zero-order chi connectivity index (χ0) is 21.0. The average Bonchev–Trinajstić information content (AvgIpc) is 2.97. The number of nitrogens with zero attached hydrogens (tertiary/aromatic N) is 1. The van der Waals surface area contributed by atoms with Gasteiger partial charge in [-0.2, -0.15) is 0 Å². The van der Waals surface area contributed by atoms with Crippen LogP contribution in [-0.2, 0) is 19.1 Å². The normalized spacial score (nSPS) is 12.4. The van der Waals surface area contributed by atoms with Crippen molar-refractivity contribution in [2.45, 2.75) is 0 Å². The molecule has 0 aromatic heterocycles. The zero-order valence-electron chi connectivity index (χ0n) is 15.6. The van der Waals surface area contributed by atoms with E-state index in [-0.39, 0.29) is 12.5 Å². The molecule has 0 saturated carbocycles. The van der Waals surface area contributed by atoms with Gasteiger partial charge in [-0.15, -0.1) is 0 Å². The molecule has 0 unspecified atom stereocenters. The molecule has 0 radical (unpaired) electrons. The minimum Gasteiger partial charge on any atom is -0.465 e. The quantitative estimate of drug-likeness (QED) is 0.753. The second-order valence-electron chi connectivity index (χ2n) is 6.16. The topological polar surface area (TPSA) is 102 Å². The number of anilines is 1. The van der Waals surface area contributed by atoms with Crippen molar-refractivity contribution in [3.8, 4) is 0 Å². The summed E-state index contributed by atoms with van der Waals surface area (Å²) in [5, 5.41) is 2.54. The highest BCUT2D eigenvalue weighted by Gasteiger charge is 2.32. The summed E-state index contributed by atoms with van der Waals surface area (Å²) >= 11 is 0. The van der Waals surface area contributed by atoms with E-state index in [9.17, 15) is 19.2 Å². The lowest BCUT2D eigenvalue weighted by Crippen LogP contribution is -2.32. The predicted octanol–water partition coefficient (Wildman–Crippen LogP) is 2.08. The van der Waals surface area contributed by atoms with Crippen LogP contribution in [0, 0.1) is 0 Å². The number of nitrogens with one attached hydrogen (secondary N) is 1. The maximum atomic E-state index is 12.4. The smallest absolute Gasteiger partial charge is 0.337 e. The second-order valence-corrected chi connectivity index (χ2v) is 6.16. The molecule has 0 bridgehead atoms. The number of carbonyl (C=O) groups excluding carboxylic acids is 4. The van der Waals surface area contributed by atoms with Gasteiger partial charge in [-0.3, -0.25) is 19.3 Å². The van der Waals surface area contributed by atoms with E-state index in [1.165, 1.54) is 36.3 Å². The van der Waals surface area contributed by atoms with Crippen molar-refractivity contribution in [2.75, 3.05) is 25.6 Å². The lowest BCUT2D eigenvalue weighted by Gasteiger charge is -2.16. The van der Waals surface area contributed by atoms with Crippen LogP contribution in [-0.4, -0.2) is 48.9 Å². The first-order chi connectivity index (χ1) is 13.9. The molecule has 0 spiro atoms. The fourth-order valence-electron chi connectivity index (χ4n) is 2.83. The van der Waals surface area contributed by atoms with Crippen LogP contribution in [0.15, 0.2) is 55.1 Å². The van der Waals surface area contributed by atoms with E-state index in [0.29, 0.717) is 28.1 Å². The zero-order valence-corrected chi connectivity index (χ0v) is 15.6. The standard InChI is InChI=1S/C21H18N2O6/c1-13-16-5-3-4-6-17(16)20(26)23(13)11-19(25)29-12-18(24)22-15-9-7-14(8-10-15)21(27)28-2/h3-10H,1,11-12H2,2H3,(H,22,24). The molecule has 0 aliphatic carbocycles. The first-order valence-electron chi connectivity index (χ1n) is 8.64. The Morgan fingerprint density at radius 1 is 1.03 bits per heavy atom. The lowest BCUT2D eigenvalue weighted by molar-refractivity contribution is -0.147. The fourth-order valence-corrected chi connectivity index (χ4v) is 2.83. The fraction of sp³-hybridized carbons (Fsp3) is 0.143. The van der Waals surface area contributed by atoms with Gasteiger partial charge in [-0.05, 0) is 30.3 Å². The number of methoxy groups -OCH3 is 1. The van der Waals surface area contributed by atoms with Crippen molar-refractivity contribution in [1.82, 2.24) is 4.90 Å². The molecule has 2 amide bonds. The van der Waals surface area contributed by atoms with Crippen LogP contribution in [0.2, 0.25) is 0 Å². The van der Waals surface area contributed by atoms with Crippen molar-refractivity contribution in [1.29, 1.82) is 0 Å². The van der Waals surface area contributed by atoms with Crippen LogP contribution in [0.3, 0.4) is 0 Å². The van der Waals surface area contributed by atoms with Gasteiger partial charge < -0.3 is 14.8 Å². The van der Waals surface area contributed by atoms with E-state index >= 15 is 0 Å². The van der Waals surface area contributed by atoms with Crippen molar-refractivity contribution in [3.63, 3.8) is 0 Å². The number of hydrogen-bond acceptors (Lipinski definition) is 6. The molecule has 1 aliphatic heterocycles. The monoisotopic (exact) mass is 394 g/mol. The minimum absolute atomic E-state index is 0.335. The highest BCUT2D eigenvalue weighted by atomic mass is 16.5. The van der Waals surface area contributed by atoms with Crippen LogP contribution < -0.4 is 5.32 Å². The molecule has 0 saturated heterocycles. The number of ether oxygens (including phenoxy) is 2. The van der Waals surface area contributed by atoms with Gasteiger partial charge in [-0.1, -0.05) is 24.8 Å². The summed E-state index contributed by atoms with van der Waals surface area (Å²) < 4.78 is 9.55. The Morgan fingerprint density at radius 2 is 1.69 bits per heavy atom. The Balaban J connectivity index is 1.50. The molecule has 1 N–H and O–H groups in total. The first kappa shape index (κ1) is 19.8. The highest BCUT2D eigenvalue weighted by molar-refractivity contribution is 6.10. The van der Waals surface area contributed by atoms with E-state index < -0.39 is 24.5 Å². The molecule has 3 rings (SSSR count). The van der Waals surface area contributed by atoms with Crippen LogP contribution in [0.25, 0.3) is 5.70 Å². The van der Waals surface area contributed by atoms with Crippen LogP contribution in [0.5, 0.6) is 0 Å². The van der Waals surface area contributed by atoms with E-state index in [4.69, 9.17) is 4.74 Å². The number of rotatable bonds is 6. The average molecular weight is 394 g/mol. The van der Waals surface area contributed by atoms with Gasteiger partial charge in [0.15, 0.2) is 6.61 Å². The Labute approximate surface area is 166 Å². The summed E-state index contributed by atoms with van der Waals surface area (Å²) in [6.45, 7) is 2.99. The molecule has 148 valence electrons. The maximum Gasteiger partial charge on any atom is 0.337 e. The Bertz CT molecular complexity index is 961. The molecular formula is C21H18N2O6. The molecule has 2 aromatic carbocycles. The largest absolute Gasteiger partial charge is 0.465 e. The molecule has 1 heterocycles. The summed E-state index contributed by atoms with van der Waals surface area (Å²) in [4.78, 5) is 49.0. The third-order valence-corrected chi connectivity index (χ3v) is 4.28. The molecule has 8 nitrogen and oxygen atoms in total. The Morgan fingerprint density at radius 3 is 2.31 bits per heavy atom. The summed E-state index contributed by atoms with van der Waals surface area (Å²) in [5.41, 5.74) is 2.32. The van der Waals surface area contributed by atoms with Gasteiger partial charge in [0, 0.05) is 22.5 Å². The predicted molar refractivity (Wildman–Crippen MR) is 104 cm³/mol. The third-order valence-electron chi connectivity index (χ3n) is 4.28. The van der Waals surface area contributed by atoms with Gasteiger partial charge in [0.05, 0.1) is 12.7 Å². The van der Waals surface area contributed by atoms with Gasteiger partial charge in [-0.25, -0.2) is 4.79 Å². The molecule has 1 aliphatic rings. The summed E-state index contributed by atoms with van der Waals surface area (Å²) in [6, 6.07) is 13.0. The Kier molecular flexibility index (Phi) is 5.73. The first-order valence-corrected chi connectivity index (χ1v) is 8.64. The number of esters is 2. The molecular weight excluding hydrogens is 376 g/mol. The van der Waals surface area contributed by atoms with Gasteiger partial charge in [0.25, 0.3) is 11.8 Å². The molecule has 0 atom stereocenters. The number of carbonyl (C=O) groups is 4. The van der Waals surface area contributed by atoms with Crippen LogP contribution in [0.1, 0.15) is 26.3 Å². The number of amides is 2. The highest BCUT2D eigenvalue weighted by Crippen LogP contribution is 2.30. The van der Waals surface area contributed by atoms with Crippen molar-refractivity contribution < 1.29 is 28.7 Å². The third kappa shape index (κ3) is 4.32. The van der Waals surface area contributed by atoms with E-state index in [0.717, 1.165) is 0 Å². The molecule has 29 heavy (non-hydrogen) atoms. The van der Waals surface area contributed by atoms with Crippen LogP contribution >= 0.6 is 0 Å². The minimum atomic E-state index is -0.733. The summed E-state index contributed by atoms with van der Waals surface area (Å²) in [5.74, 6) is -2.11. The van der Waals surface area contributed by atoms with Crippen molar-refractivity contribution in [2.24, 2.45) is 0 Å². The number of fused-ring (bicyclic) bond motifs is 1. The SMILES string of the molecule is C=C1c2ccccc2C(=O)N1CC(=O)OCC(=O)Nc1ccc(C(=O)OC)cc1. The lowest BCUT2D eigenvalue weighted by atomic mass is 10.1. The summed E-state index contributed by atoms with van der Waals surface area (Å²) in [6.07, 6.45) is 0. The number of hydrogen-bond donors (Lipinski definition) is 1.